The van der Waals surface area contributed by atoms with Gasteiger partial charge in [-0.2, -0.15) is 0 Å². The van der Waals surface area contributed by atoms with Gasteiger partial charge in [0.25, 0.3) is 0 Å². The number of pyridine rings is 1. The summed E-state index contributed by atoms with van der Waals surface area (Å²) >= 11 is 5.88. The first kappa shape index (κ1) is 19.7. The number of halogens is 1. The molecule has 30 heavy (non-hydrogen) atoms. The summed E-state index contributed by atoms with van der Waals surface area (Å²) in [5.74, 6) is 1.74. The maximum atomic E-state index is 12.5. The number of fused-ring (bicyclic) bond motifs is 1. The van der Waals surface area contributed by atoms with Gasteiger partial charge in [-0.1, -0.05) is 29.8 Å². The molecule has 0 radical (unpaired) electrons. The quantitative estimate of drug-likeness (QED) is 0.281. The molecule has 0 aliphatic heterocycles. The molecule has 4 aromatic rings. The first-order valence-corrected chi connectivity index (χ1v) is 9.72. The second kappa shape index (κ2) is 8.84. The molecule has 0 bridgehead atoms. The minimum absolute atomic E-state index is 0.403. The molecule has 1 unspecified atom stereocenters. The van der Waals surface area contributed by atoms with E-state index in [9.17, 15) is 4.79 Å². The topological polar surface area (TPSA) is 57.7 Å². The lowest BCUT2D eigenvalue weighted by Crippen LogP contribution is -2.28. The van der Waals surface area contributed by atoms with Crippen molar-refractivity contribution < 1.29 is 19.0 Å². The van der Waals surface area contributed by atoms with Gasteiger partial charge < -0.3 is 14.2 Å². The van der Waals surface area contributed by atoms with Crippen molar-refractivity contribution in [1.29, 1.82) is 0 Å². The van der Waals surface area contributed by atoms with Crippen molar-refractivity contribution in [2.45, 2.75) is 13.0 Å². The van der Waals surface area contributed by atoms with Gasteiger partial charge in [-0.25, -0.2) is 4.79 Å². The fraction of sp³-hybridized carbons (Fsp3) is 0.0833. The highest BCUT2D eigenvalue weighted by Gasteiger charge is 2.19. The molecule has 5 nitrogen and oxygen atoms in total. The number of carbonyl (C=O) groups excluding carboxylic acids is 1. The summed E-state index contributed by atoms with van der Waals surface area (Å²) in [5.41, 5.74) is 0.629. The van der Waals surface area contributed by atoms with Gasteiger partial charge in [0.2, 0.25) is 0 Å². The molecule has 3 aromatic carbocycles. The smallest absolute Gasteiger partial charge is 0.352 e. The first-order chi connectivity index (χ1) is 14.6. The molecule has 0 aliphatic carbocycles. The number of esters is 1. The summed E-state index contributed by atoms with van der Waals surface area (Å²) in [7, 11) is 0. The maximum absolute atomic E-state index is 12.5. The molecule has 1 heterocycles. The number of benzene rings is 3. The first-order valence-electron chi connectivity index (χ1n) is 9.34. The Morgan fingerprint density at radius 3 is 2.23 bits per heavy atom. The van der Waals surface area contributed by atoms with Gasteiger partial charge in [-0.15, -0.1) is 0 Å². The summed E-state index contributed by atoms with van der Waals surface area (Å²) in [6.07, 6.45) is 0.861. The minimum Gasteiger partial charge on any atom is -0.479 e. The SMILES string of the molecule is CC(Oc1ccc(Oc2ccc(Cl)cc2)cc1)C(=O)Oc1cccc2cccnc12. The Morgan fingerprint density at radius 2 is 1.50 bits per heavy atom. The van der Waals surface area contributed by atoms with Crippen LogP contribution in [0.4, 0.5) is 0 Å². The fourth-order valence-corrected chi connectivity index (χ4v) is 2.95. The van der Waals surface area contributed by atoms with Crippen molar-refractivity contribution in [1.82, 2.24) is 4.98 Å². The van der Waals surface area contributed by atoms with E-state index in [0.29, 0.717) is 33.5 Å². The highest BCUT2D eigenvalue weighted by Crippen LogP contribution is 2.26. The van der Waals surface area contributed by atoms with Crippen molar-refractivity contribution >= 4 is 28.5 Å². The number of carbonyl (C=O) groups is 1. The Morgan fingerprint density at radius 1 is 0.867 bits per heavy atom. The third-order valence-electron chi connectivity index (χ3n) is 4.32. The molecule has 4 rings (SSSR count). The van der Waals surface area contributed by atoms with Crippen LogP contribution in [0.3, 0.4) is 0 Å². The van der Waals surface area contributed by atoms with E-state index in [1.807, 2.05) is 24.3 Å². The van der Waals surface area contributed by atoms with Crippen LogP contribution >= 0.6 is 11.6 Å². The zero-order valence-corrected chi connectivity index (χ0v) is 16.9. The van der Waals surface area contributed by atoms with Gasteiger partial charge in [-0.05, 0) is 67.6 Å². The molecule has 0 aliphatic rings. The summed E-state index contributed by atoms with van der Waals surface area (Å²) in [6.45, 7) is 1.64. The van der Waals surface area contributed by atoms with Crippen LogP contribution in [-0.4, -0.2) is 17.1 Å². The molecule has 0 saturated heterocycles. The van der Waals surface area contributed by atoms with E-state index in [4.69, 9.17) is 25.8 Å². The van der Waals surface area contributed by atoms with Crippen molar-refractivity contribution in [3.8, 4) is 23.0 Å². The lowest BCUT2D eigenvalue weighted by Gasteiger charge is -2.15. The number of hydrogen-bond donors (Lipinski definition) is 0. The molecule has 0 saturated carbocycles. The summed E-state index contributed by atoms with van der Waals surface area (Å²) in [4.78, 5) is 16.8. The lowest BCUT2D eigenvalue weighted by molar-refractivity contribution is -0.141. The van der Waals surface area contributed by atoms with Crippen molar-refractivity contribution in [3.63, 3.8) is 0 Å². The molecule has 0 fully saturated rings. The van der Waals surface area contributed by atoms with Crippen molar-refractivity contribution in [2.24, 2.45) is 0 Å². The van der Waals surface area contributed by atoms with Gasteiger partial charge >= 0.3 is 5.97 Å². The Labute approximate surface area is 178 Å². The van der Waals surface area contributed by atoms with E-state index in [1.54, 1.807) is 67.7 Å². The molecule has 0 N–H and O–H groups in total. The largest absolute Gasteiger partial charge is 0.479 e. The van der Waals surface area contributed by atoms with Crippen LogP contribution in [0.15, 0.2) is 85.1 Å². The molecule has 0 amide bonds. The standard InChI is InChI=1S/C24H18ClNO4/c1-16(24(27)30-22-6-2-4-17-5-3-15-26-23(17)22)28-19-11-13-21(14-12-19)29-20-9-7-18(25)8-10-20/h2-16H,1H3. The van der Waals surface area contributed by atoms with E-state index in [2.05, 4.69) is 4.98 Å². The van der Waals surface area contributed by atoms with Crippen LogP contribution in [0.2, 0.25) is 5.02 Å². The maximum Gasteiger partial charge on any atom is 0.352 e. The van der Waals surface area contributed by atoms with E-state index in [-0.39, 0.29) is 0 Å². The van der Waals surface area contributed by atoms with Gasteiger partial charge in [0, 0.05) is 16.6 Å². The monoisotopic (exact) mass is 419 g/mol. The third kappa shape index (κ3) is 4.70. The van der Waals surface area contributed by atoms with E-state index >= 15 is 0 Å². The van der Waals surface area contributed by atoms with Gasteiger partial charge in [0.1, 0.15) is 22.8 Å². The van der Waals surface area contributed by atoms with Gasteiger partial charge in [0.05, 0.1) is 0 Å². The molecule has 1 atom stereocenters. The van der Waals surface area contributed by atoms with Crippen LogP contribution in [-0.2, 0) is 4.79 Å². The highest BCUT2D eigenvalue weighted by molar-refractivity contribution is 6.30. The normalized spacial score (nSPS) is 11.7. The van der Waals surface area contributed by atoms with Crippen LogP contribution in [0, 0.1) is 0 Å². The Kier molecular flexibility index (Phi) is 5.82. The summed E-state index contributed by atoms with van der Waals surface area (Å²) in [6, 6.07) is 23.2. The molecule has 0 spiro atoms. The molecular weight excluding hydrogens is 402 g/mol. The number of hydrogen-bond acceptors (Lipinski definition) is 5. The second-order valence-electron chi connectivity index (χ2n) is 6.54. The van der Waals surface area contributed by atoms with E-state index in [1.165, 1.54) is 0 Å². The number of para-hydroxylation sites is 1. The Bertz CT molecular complexity index is 1150. The number of nitrogens with zero attached hydrogens (tertiary/aromatic N) is 1. The third-order valence-corrected chi connectivity index (χ3v) is 4.58. The van der Waals surface area contributed by atoms with Crippen LogP contribution in [0.25, 0.3) is 10.9 Å². The number of ether oxygens (including phenoxy) is 3. The predicted molar refractivity (Wildman–Crippen MR) is 115 cm³/mol. The van der Waals surface area contributed by atoms with Crippen molar-refractivity contribution in [2.75, 3.05) is 0 Å². The van der Waals surface area contributed by atoms with Crippen molar-refractivity contribution in [3.05, 3.63) is 90.1 Å². The molecular formula is C24H18ClNO4. The van der Waals surface area contributed by atoms with Gasteiger partial charge in [-0.3, -0.25) is 4.98 Å². The minimum atomic E-state index is -0.799. The Balaban J connectivity index is 1.38. The van der Waals surface area contributed by atoms with E-state index < -0.39 is 12.1 Å². The molecule has 1 aromatic heterocycles. The number of aromatic nitrogens is 1. The number of rotatable bonds is 6. The van der Waals surface area contributed by atoms with E-state index in [0.717, 1.165) is 5.39 Å². The molecule has 6 heteroatoms. The highest BCUT2D eigenvalue weighted by atomic mass is 35.5. The van der Waals surface area contributed by atoms with Crippen LogP contribution in [0.5, 0.6) is 23.0 Å². The second-order valence-corrected chi connectivity index (χ2v) is 6.98. The summed E-state index contributed by atoms with van der Waals surface area (Å²) < 4.78 is 17.0. The lowest BCUT2D eigenvalue weighted by atomic mass is 10.2. The van der Waals surface area contributed by atoms with Crippen LogP contribution in [0.1, 0.15) is 6.92 Å². The van der Waals surface area contributed by atoms with Crippen LogP contribution < -0.4 is 14.2 Å². The Hall–Kier alpha value is -3.57. The zero-order valence-electron chi connectivity index (χ0n) is 16.1. The summed E-state index contributed by atoms with van der Waals surface area (Å²) in [5, 5.41) is 1.54. The molecule has 150 valence electrons. The zero-order chi connectivity index (χ0) is 20.9. The average Bonchev–Trinajstić information content (AvgIpc) is 2.77. The van der Waals surface area contributed by atoms with Gasteiger partial charge in [0.15, 0.2) is 11.9 Å². The predicted octanol–water partition coefficient (Wildman–Crippen LogP) is 6.05. The average molecular weight is 420 g/mol. The fourth-order valence-electron chi connectivity index (χ4n) is 2.83.